The van der Waals surface area contributed by atoms with Gasteiger partial charge in [0.25, 0.3) is 0 Å². The molecule has 0 aliphatic heterocycles. The number of hydrogen-bond donors (Lipinski definition) is 1. The van der Waals surface area contributed by atoms with E-state index in [9.17, 15) is 14.7 Å². The van der Waals surface area contributed by atoms with Crippen LogP contribution in [-0.2, 0) is 19.1 Å². The second-order valence-electron chi connectivity index (χ2n) is 26.8. The minimum Gasteiger partial charge on any atom is -0.462 e. The van der Waals surface area contributed by atoms with Crippen LogP contribution in [0.25, 0.3) is 0 Å². The molecule has 1 unspecified atom stereocenters. The van der Waals surface area contributed by atoms with Gasteiger partial charge in [-0.15, -0.1) is 0 Å². The number of carbonyl (C=O) groups excluding carboxylic acids is 2. The molecule has 0 saturated heterocycles. The van der Waals surface area contributed by atoms with E-state index in [0.717, 1.165) is 96.3 Å². The smallest absolute Gasteiger partial charge is 0.306 e. The number of ether oxygens (including phenoxy) is 2. The average molecular weight is 1270 g/mol. The van der Waals surface area contributed by atoms with Gasteiger partial charge in [-0.05, 0) is 83.5 Å². The van der Waals surface area contributed by atoms with Gasteiger partial charge in [-0.25, -0.2) is 0 Å². The van der Waals surface area contributed by atoms with E-state index in [-0.39, 0.29) is 25.2 Å². The summed E-state index contributed by atoms with van der Waals surface area (Å²) in [4.78, 5) is 24.7. The predicted molar refractivity (Wildman–Crippen MR) is 403 cm³/mol. The minimum absolute atomic E-state index is 0.0670. The van der Waals surface area contributed by atoms with Gasteiger partial charge in [0, 0.05) is 12.8 Å². The Kier molecular flexibility index (Phi) is 77.7. The van der Waals surface area contributed by atoms with E-state index in [4.69, 9.17) is 9.47 Å². The molecule has 0 aliphatic carbocycles. The zero-order valence-electron chi connectivity index (χ0n) is 60.6. The van der Waals surface area contributed by atoms with E-state index in [2.05, 4.69) is 123 Å². The number of unbranched alkanes of at least 4 members (excludes halogenated alkanes) is 48. The molecule has 0 heterocycles. The Morgan fingerprint density at radius 1 is 0.264 bits per heavy atom. The molecule has 0 amide bonds. The first kappa shape index (κ1) is 87.6. The van der Waals surface area contributed by atoms with E-state index < -0.39 is 6.10 Å². The van der Waals surface area contributed by atoms with Crippen LogP contribution >= 0.6 is 0 Å². The molecule has 91 heavy (non-hydrogen) atoms. The molecule has 526 valence electrons. The third kappa shape index (κ3) is 78.9. The molecule has 0 saturated carbocycles. The number of aliphatic hydroxyl groups is 1. The van der Waals surface area contributed by atoms with Gasteiger partial charge < -0.3 is 14.6 Å². The van der Waals surface area contributed by atoms with Crippen LogP contribution in [0.3, 0.4) is 0 Å². The highest BCUT2D eigenvalue weighted by Crippen LogP contribution is 2.19. The van der Waals surface area contributed by atoms with Gasteiger partial charge in [-0.1, -0.05) is 419 Å². The second-order valence-corrected chi connectivity index (χ2v) is 26.8. The third-order valence-electron chi connectivity index (χ3n) is 17.8. The van der Waals surface area contributed by atoms with E-state index in [1.807, 2.05) is 0 Å². The summed E-state index contributed by atoms with van der Waals surface area (Å²) in [6, 6.07) is 0. The standard InChI is InChI=1S/C86H152O5/c1-3-5-7-9-11-13-15-17-19-21-23-25-27-29-31-33-35-37-39-41-43-45-47-49-51-53-55-57-59-61-63-65-67-69-71-73-75-77-79-81-86(89)91-84(82-87)83-90-85(88)80-78-76-74-72-70-68-66-64-62-60-58-56-54-52-50-48-46-44-42-40-38-36-34-32-30-28-26-24-22-20-18-16-14-12-10-8-6-4-2/h5,7,11,13,17,19,23,25,29,31,35,37,41,43,47,49,53,55,84,87H,3-4,6,8-10,12,14-16,18,20-22,24,26-28,30,32-34,36,38-40,42,44-46,48,50-52,54,56-83H2,1-2H3/b7-5-,13-11-,19-17-,25-23-,31-29-,37-35-,43-41-,49-47-,55-53-. The molecule has 0 aromatic heterocycles. The lowest BCUT2D eigenvalue weighted by Gasteiger charge is -2.15. The molecule has 0 aromatic carbocycles. The molecule has 1 atom stereocenters. The number of rotatable bonds is 74. The van der Waals surface area contributed by atoms with E-state index in [0.29, 0.717) is 12.8 Å². The average Bonchev–Trinajstić information content (AvgIpc) is 3.67. The lowest BCUT2D eigenvalue weighted by atomic mass is 10.0. The maximum absolute atomic E-state index is 12.4. The summed E-state index contributed by atoms with van der Waals surface area (Å²) >= 11 is 0. The Bertz CT molecular complexity index is 1730. The maximum atomic E-state index is 12.4. The SMILES string of the molecule is CC/C=C\C/C=C\C/C=C\C/C=C\C/C=C\C/C=C\C/C=C\C/C=C\C/C=C\CCCCCCCCCCCCCC(=O)OC(CO)COC(=O)CCCCCCCCCCCCCCCCCCCCCCCCCCCCCCCCCCCCCCCC. The first-order chi connectivity index (χ1) is 45.1. The molecule has 0 aliphatic rings. The van der Waals surface area contributed by atoms with E-state index in [1.165, 1.54) is 283 Å². The van der Waals surface area contributed by atoms with Gasteiger partial charge in [-0.3, -0.25) is 9.59 Å². The predicted octanol–water partition coefficient (Wildman–Crippen LogP) is 28.3. The van der Waals surface area contributed by atoms with Crippen LogP contribution in [0.1, 0.15) is 406 Å². The fourth-order valence-electron chi connectivity index (χ4n) is 11.9. The van der Waals surface area contributed by atoms with Crippen molar-refractivity contribution in [1.29, 1.82) is 0 Å². The molecule has 0 radical (unpaired) electrons. The zero-order chi connectivity index (χ0) is 65.4. The highest BCUT2D eigenvalue weighted by atomic mass is 16.6. The minimum atomic E-state index is -0.780. The molecular weight excluding hydrogens is 1110 g/mol. The second kappa shape index (κ2) is 80.8. The van der Waals surface area contributed by atoms with Gasteiger partial charge in [0.2, 0.25) is 0 Å². The normalized spacial score (nSPS) is 12.8. The lowest BCUT2D eigenvalue weighted by Crippen LogP contribution is -2.28. The van der Waals surface area contributed by atoms with Crippen molar-refractivity contribution in [3.05, 3.63) is 109 Å². The van der Waals surface area contributed by atoms with Crippen LogP contribution < -0.4 is 0 Å². The molecule has 0 aromatic rings. The number of esters is 2. The van der Waals surface area contributed by atoms with E-state index >= 15 is 0 Å². The van der Waals surface area contributed by atoms with Crippen molar-refractivity contribution < 1.29 is 24.2 Å². The van der Waals surface area contributed by atoms with Crippen molar-refractivity contribution in [1.82, 2.24) is 0 Å². The van der Waals surface area contributed by atoms with Gasteiger partial charge in [0.15, 0.2) is 6.10 Å². The Labute approximate surface area is 567 Å². The fraction of sp³-hybridized carbons (Fsp3) is 0.767. The Morgan fingerprint density at radius 2 is 0.473 bits per heavy atom. The van der Waals surface area contributed by atoms with Crippen molar-refractivity contribution in [2.75, 3.05) is 13.2 Å². The molecule has 0 rings (SSSR count). The van der Waals surface area contributed by atoms with Crippen LogP contribution in [0.2, 0.25) is 0 Å². The quantitative estimate of drug-likeness (QED) is 0.0373. The molecular formula is C86H152O5. The van der Waals surface area contributed by atoms with Crippen LogP contribution in [0.4, 0.5) is 0 Å². The highest BCUT2D eigenvalue weighted by Gasteiger charge is 2.16. The summed E-state index contributed by atoms with van der Waals surface area (Å²) in [6.07, 6.45) is 117. The van der Waals surface area contributed by atoms with Crippen LogP contribution in [0, 0.1) is 0 Å². The Hall–Kier alpha value is -3.44. The molecule has 5 nitrogen and oxygen atoms in total. The van der Waals surface area contributed by atoms with Crippen molar-refractivity contribution in [3.8, 4) is 0 Å². The summed E-state index contributed by atoms with van der Waals surface area (Å²) < 4.78 is 10.8. The maximum Gasteiger partial charge on any atom is 0.306 e. The van der Waals surface area contributed by atoms with Gasteiger partial charge in [-0.2, -0.15) is 0 Å². The van der Waals surface area contributed by atoms with Crippen molar-refractivity contribution in [2.45, 2.75) is 412 Å². The molecule has 0 bridgehead atoms. The fourth-order valence-corrected chi connectivity index (χ4v) is 11.9. The van der Waals surface area contributed by atoms with Crippen LogP contribution in [0.5, 0.6) is 0 Å². The van der Waals surface area contributed by atoms with Gasteiger partial charge >= 0.3 is 11.9 Å². The molecule has 5 heteroatoms. The molecule has 1 N–H and O–H groups in total. The zero-order valence-corrected chi connectivity index (χ0v) is 60.6. The van der Waals surface area contributed by atoms with Gasteiger partial charge in [0.1, 0.15) is 6.61 Å². The number of carbonyl (C=O) groups is 2. The topological polar surface area (TPSA) is 72.8 Å². The van der Waals surface area contributed by atoms with Crippen molar-refractivity contribution in [2.24, 2.45) is 0 Å². The lowest BCUT2D eigenvalue weighted by molar-refractivity contribution is -0.161. The third-order valence-corrected chi connectivity index (χ3v) is 17.8. The Balaban J connectivity index is 3.45. The number of allylic oxidation sites excluding steroid dienone is 18. The monoisotopic (exact) mass is 1270 g/mol. The molecule has 0 spiro atoms. The summed E-state index contributed by atoms with van der Waals surface area (Å²) in [5.41, 5.74) is 0. The highest BCUT2D eigenvalue weighted by molar-refractivity contribution is 5.70. The van der Waals surface area contributed by atoms with Gasteiger partial charge in [0.05, 0.1) is 6.61 Å². The van der Waals surface area contributed by atoms with Crippen LogP contribution in [0.15, 0.2) is 109 Å². The van der Waals surface area contributed by atoms with Crippen molar-refractivity contribution in [3.63, 3.8) is 0 Å². The summed E-state index contributed by atoms with van der Waals surface area (Å²) in [5, 5.41) is 9.73. The number of hydrogen-bond acceptors (Lipinski definition) is 5. The van der Waals surface area contributed by atoms with Crippen molar-refractivity contribution >= 4 is 11.9 Å². The Morgan fingerprint density at radius 3 is 0.714 bits per heavy atom. The summed E-state index contributed by atoms with van der Waals surface area (Å²) in [5.74, 6) is -0.580. The molecule has 0 fully saturated rings. The number of aliphatic hydroxyl groups excluding tert-OH is 1. The largest absolute Gasteiger partial charge is 0.462 e. The first-order valence-electron chi connectivity index (χ1n) is 39.9. The van der Waals surface area contributed by atoms with E-state index in [1.54, 1.807) is 0 Å². The van der Waals surface area contributed by atoms with Crippen LogP contribution in [-0.4, -0.2) is 36.4 Å². The summed E-state index contributed by atoms with van der Waals surface area (Å²) in [6.45, 7) is 4.07. The summed E-state index contributed by atoms with van der Waals surface area (Å²) in [7, 11) is 0. The first-order valence-corrected chi connectivity index (χ1v) is 39.9.